The number of hydrogen-bond acceptors (Lipinski definition) is 8. The molecule has 0 bridgehead atoms. The first-order valence-electron chi connectivity index (χ1n) is 5.37. The normalized spacial score (nSPS) is 14.3. The van der Waals surface area contributed by atoms with Gasteiger partial charge in [-0.15, -0.1) is 24.8 Å². The third kappa shape index (κ3) is 5.91. The summed E-state index contributed by atoms with van der Waals surface area (Å²) < 4.78 is 0. The molecule has 0 aliphatic rings. The van der Waals surface area contributed by atoms with Gasteiger partial charge in [-0.05, 0) is 0 Å². The summed E-state index contributed by atoms with van der Waals surface area (Å²) >= 11 is 0. The Labute approximate surface area is 130 Å². The SMILES string of the molecule is Cl.Cl.Nc1c(NC[C@H](O)[C@H](O)[C@H](O)CO)[nH]c(=O)[nH]c1=O. The maximum Gasteiger partial charge on any atom is 0.327 e. The zero-order valence-electron chi connectivity index (χ0n) is 10.6. The van der Waals surface area contributed by atoms with Crippen LogP contribution in [0.1, 0.15) is 0 Å². The Bertz CT molecular complexity index is 536. The highest BCUT2D eigenvalue weighted by Crippen LogP contribution is 2.07. The molecular formula is C9H18Cl2N4O6. The fraction of sp³-hybridized carbons (Fsp3) is 0.556. The molecule has 0 unspecified atom stereocenters. The van der Waals surface area contributed by atoms with E-state index in [1.54, 1.807) is 0 Å². The number of nitrogens with two attached hydrogens (primary N) is 1. The number of anilines is 2. The van der Waals surface area contributed by atoms with Gasteiger partial charge >= 0.3 is 5.69 Å². The molecule has 0 spiro atoms. The van der Waals surface area contributed by atoms with Gasteiger partial charge < -0.3 is 31.5 Å². The maximum atomic E-state index is 11.2. The summed E-state index contributed by atoms with van der Waals surface area (Å²) in [4.78, 5) is 26.3. The fourth-order valence-corrected chi connectivity index (χ4v) is 1.33. The number of H-pyrrole nitrogens is 2. The second-order valence-corrected chi connectivity index (χ2v) is 3.89. The van der Waals surface area contributed by atoms with Gasteiger partial charge in [0.05, 0.1) is 12.7 Å². The molecule has 1 heterocycles. The first-order chi connectivity index (χ1) is 8.86. The zero-order chi connectivity index (χ0) is 14.6. The summed E-state index contributed by atoms with van der Waals surface area (Å²) in [6, 6.07) is 0. The van der Waals surface area contributed by atoms with Crippen LogP contribution in [0.15, 0.2) is 9.59 Å². The first kappa shape index (κ1) is 22.0. The third-order valence-corrected chi connectivity index (χ3v) is 2.44. The number of halogens is 2. The molecule has 1 rings (SSSR count). The quantitative estimate of drug-likeness (QED) is 0.267. The number of aromatic nitrogens is 2. The van der Waals surface area contributed by atoms with E-state index < -0.39 is 36.2 Å². The Hall–Kier alpha value is -1.30. The van der Waals surface area contributed by atoms with Crippen molar-refractivity contribution in [2.45, 2.75) is 18.3 Å². The molecule has 0 amide bonds. The largest absolute Gasteiger partial charge is 0.394 e. The van der Waals surface area contributed by atoms with Gasteiger partial charge in [0.1, 0.15) is 23.7 Å². The van der Waals surface area contributed by atoms with Crippen molar-refractivity contribution in [3.63, 3.8) is 0 Å². The Balaban J connectivity index is 0. The minimum atomic E-state index is -1.59. The molecular weight excluding hydrogens is 331 g/mol. The lowest BCUT2D eigenvalue weighted by molar-refractivity contribution is -0.0715. The van der Waals surface area contributed by atoms with Gasteiger partial charge in [0, 0.05) is 6.54 Å². The predicted octanol–water partition coefficient (Wildman–Crippen LogP) is -3.02. The van der Waals surface area contributed by atoms with Crippen molar-refractivity contribution in [1.82, 2.24) is 9.97 Å². The van der Waals surface area contributed by atoms with E-state index in [9.17, 15) is 19.8 Å². The topological polar surface area (TPSA) is 185 Å². The minimum Gasteiger partial charge on any atom is -0.394 e. The van der Waals surface area contributed by atoms with Gasteiger partial charge in [0.15, 0.2) is 0 Å². The highest BCUT2D eigenvalue weighted by atomic mass is 35.5. The molecule has 9 N–H and O–H groups in total. The van der Waals surface area contributed by atoms with Crippen LogP contribution in [-0.4, -0.2) is 61.9 Å². The number of aliphatic hydroxyl groups is 4. The van der Waals surface area contributed by atoms with Crippen LogP contribution in [0.4, 0.5) is 11.5 Å². The lowest BCUT2D eigenvalue weighted by Gasteiger charge is -2.22. The molecule has 0 fully saturated rings. The van der Waals surface area contributed by atoms with Crippen molar-refractivity contribution in [2.24, 2.45) is 0 Å². The van der Waals surface area contributed by atoms with Gasteiger partial charge in [0.25, 0.3) is 5.56 Å². The number of rotatable bonds is 6. The van der Waals surface area contributed by atoms with Crippen molar-refractivity contribution >= 4 is 36.3 Å². The van der Waals surface area contributed by atoms with E-state index in [4.69, 9.17) is 15.9 Å². The molecule has 1 aromatic heterocycles. The molecule has 1 aromatic rings. The average molecular weight is 349 g/mol. The van der Waals surface area contributed by atoms with E-state index in [1.165, 1.54) is 0 Å². The lowest BCUT2D eigenvalue weighted by atomic mass is 10.1. The molecule has 3 atom stereocenters. The molecule has 0 saturated heterocycles. The predicted molar refractivity (Wildman–Crippen MR) is 80.2 cm³/mol. The molecule has 0 saturated carbocycles. The second kappa shape index (κ2) is 9.60. The maximum absolute atomic E-state index is 11.2. The van der Waals surface area contributed by atoms with Gasteiger partial charge in [-0.3, -0.25) is 14.8 Å². The van der Waals surface area contributed by atoms with E-state index in [0.717, 1.165) is 0 Å². The van der Waals surface area contributed by atoms with Gasteiger partial charge in [0.2, 0.25) is 0 Å². The molecule has 0 aliphatic carbocycles. The fourth-order valence-electron chi connectivity index (χ4n) is 1.33. The second-order valence-electron chi connectivity index (χ2n) is 3.89. The Kier molecular flexibility index (Phi) is 10.1. The van der Waals surface area contributed by atoms with Crippen molar-refractivity contribution in [3.8, 4) is 0 Å². The van der Waals surface area contributed by atoms with E-state index >= 15 is 0 Å². The molecule has 124 valence electrons. The van der Waals surface area contributed by atoms with E-state index in [0.29, 0.717) is 0 Å². The minimum absolute atomic E-state index is 0. The molecule has 0 aromatic carbocycles. The summed E-state index contributed by atoms with van der Waals surface area (Å²) in [6.07, 6.45) is -4.54. The van der Waals surface area contributed by atoms with Crippen molar-refractivity contribution in [2.75, 3.05) is 24.2 Å². The summed E-state index contributed by atoms with van der Waals surface area (Å²) in [7, 11) is 0. The Morgan fingerprint density at radius 3 is 2.19 bits per heavy atom. The van der Waals surface area contributed by atoms with E-state index in [2.05, 4.69) is 10.3 Å². The van der Waals surface area contributed by atoms with Crippen LogP contribution < -0.4 is 22.3 Å². The van der Waals surface area contributed by atoms with Crippen LogP contribution in [0.3, 0.4) is 0 Å². The van der Waals surface area contributed by atoms with Gasteiger partial charge in [-0.2, -0.15) is 0 Å². The van der Waals surface area contributed by atoms with Crippen molar-refractivity contribution < 1.29 is 20.4 Å². The van der Waals surface area contributed by atoms with Gasteiger partial charge in [-0.25, -0.2) is 4.79 Å². The number of aliphatic hydroxyl groups excluding tert-OH is 4. The average Bonchev–Trinajstić information content (AvgIpc) is 2.38. The van der Waals surface area contributed by atoms with Crippen LogP contribution in [0.5, 0.6) is 0 Å². The highest BCUT2D eigenvalue weighted by molar-refractivity contribution is 5.85. The first-order valence-corrected chi connectivity index (χ1v) is 5.37. The summed E-state index contributed by atoms with van der Waals surface area (Å²) in [5.41, 5.74) is 3.52. The van der Waals surface area contributed by atoms with Gasteiger partial charge in [-0.1, -0.05) is 0 Å². The molecule has 12 heteroatoms. The van der Waals surface area contributed by atoms with Crippen molar-refractivity contribution in [3.05, 3.63) is 20.8 Å². The number of aromatic amines is 2. The standard InChI is InChI=1S/C9H16N4O6.2ClH/c10-5-7(12-9(19)13-8(5)18)11-1-3(15)6(17)4(16)2-14;;/h3-4,6,14-17H,1-2,10H2,(H3,11,12,13,18,19);2*1H/t3-,4+,6-;;/m0../s1. The third-order valence-electron chi connectivity index (χ3n) is 2.44. The molecule has 21 heavy (non-hydrogen) atoms. The van der Waals surface area contributed by atoms with E-state index in [1.807, 2.05) is 4.98 Å². The smallest absolute Gasteiger partial charge is 0.327 e. The molecule has 10 nitrogen and oxygen atoms in total. The lowest BCUT2D eigenvalue weighted by Crippen LogP contribution is -2.43. The Morgan fingerprint density at radius 1 is 1.10 bits per heavy atom. The number of nitrogens with one attached hydrogen (secondary N) is 3. The van der Waals surface area contributed by atoms with Crippen LogP contribution in [-0.2, 0) is 0 Å². The molecule has 0 radical (unpaired) electrons. The van der Waals surface area contributed by atoms with E-state index in [-0.39, 0.29) is 42.9 Å². The van der Waals surface area contributed by atoms with Crippen LogP contribution >= 0.6 is 24.8 Å². The van der Waals surface area contributed by atoms with Crippen LogP contribution in [0, 0.1) is 0 Å². The highest BCUT2D eigenvalue weighted by Gasteiger charge is 2.24. The summed E-state index contributed by atoms with van der Waals surface area (Å²) in [5, 5.41) is 39.0. The summed E-state index contributed by atoms with van der Waals surface area (Å²) in [6.45, 7) is -1.02. The number of hydrogen-bond donors (Lipinski definition) is 8. The molecule has 0 aliphatic heterocycles. The Morgan fingerprint density at radius 2 is 1.67 bits per heavy atom. The van der Waals surface area contributed by atoms with Crippen molar-refractivity contribution in [1.29, 1.82) is 0 Å². The number of nitrogen functional groups attached to an aromatic ring is 1. The zero-order valence-corrected chi connectivity index (χ0v) is 12.3. The van der Waals surface area contributed by atoms with Crippen LogP contribution in [0.2, 0.25) is 0 Å². The van der Waals surface area contributed by atoms with Crippen LogP contribution in [0.25, 0.3) is 0 Å². The summed E-state index contributed by atoms with van der Waals surface area (Å²) in [5.74, 6) is -0.113. The monoisotopic (exact) mass is 348 g/mol.